The molecule has 0 atom stereocenters. The van der Waals surface area contributed by atoms with Crippen LogP contribution >= 0.6 is 0 Å². The number of nitrogens with one attached hydrogen (secondary N) is 1. The Balaban J connectivity index is 1.97. The molecule has 1 aliphatic carbocycles. The minimum absolute atomic E-state index is 0.197. The largest absolute Gasteiger partial charge is 0.481 e. The number of amides is 4. The summed E-state index contributed by atoms with van der Waals surface area (Å²) in [5.74, 6) is -1.01. The summed E-state index contributed by atoms with van der Waals surface area (Å²) in [4.78, 5) is 35.4. The van der Waals surface area contributed by atoms with Gasteiger partial charge in [0, 0.05) is 13.1 Å². The van der Waals surface area contributed by atoms with E-state index in [1.165, 1.54) is 0 Å². The van der Waals surface area contributed by atoms with Gasteiger partial charge in [-0.15, -0.1) is 0 Å². The van der Waals surface area contributed by atoms with E-state index >= 15 is 0 Å². The number of nitrogens with zero attached hydrogens (tertiary/aromatic N) is 1. The average molecular weight is 305 g/mol. The molecule has 1 saturated carbocycles. The second-order valence-corrected chi connectivity index (χ2v) is 5.65. The summed E-state index contributed by atoms with van der Waals surface area (Å²) < 4.78 is 0. The fourth-order valence-corrected chi connectivity index (χ4v) is 2.12. The van der Waals surface area contributed by atoms with Crippen molar-refractivity contribution < 1.29 is 19.5 Å². The zero-order valence-electron chi connectivity index (χ0n) is 12.3. The van der Waals surface area contributed by atoms with Crippen LogP contribution in [0.4, 0.5) is 9.59 Å². The van der Waals surface area contributed by atoms with E-state index in [4.69, 9.17) is 10.8 Å². The highest BCUT2D eigenvalue weighted by molar-refractivity contribution is 5.93. The van der Waals surface area contributed by atoms with Crippen molar-refractivity contribution in [1.29, 1.82) is 0 Å². The highest BCUT2D eigenvalue weighted by Crippen LogP contribution is 2.46. The van der Waals surface area contributed by atoms with Crippen molar-refractivity contribution >= 4 is 18.0 Å². The number of primary amides is 1. The Morgan fingerprint density at radius 2 is 1.86 bits per heavy atom. The molecule has 0 aromatic heterocycles. The molecule has 1 aromatic carbocycles. The number of hydrogen-bond donors (Lipinski definition) is 3. The van der Waals surface area contributed by atoms with Gasteiger partial charge in [-0.2, -0.15) is 0 Å². The Kier molecular flexibility index (Phi) is 4.35. The highest BCUT2D eigenvalue weighted by atomic mass is 16.4. The van der Waals surface area contributed by atoms with Crippen LogP contribution in [0, 0.1) is 12.3 Å². The lowest BCUT2D eigenvalue weighted by atomic mass is 10.1. The maximum atomic E-state index is 12.1. The summed E-state index contributed by atoms with van der Waals surface area (Å²) in [6, 6.07) is 5.93. The molecule has 0 spiro atoms. The maximum Gasteiger partial charge on any atom is 0.325 e. The molecule has 4 amide bonds. The molecule has 0 heterocycles. The standard InChI is InChI=1S/C15H19N3O4/c1-10-2-4-11(5-3-10)8-17-14(22)18(13(16)21)9-15(6-7-15)12(19)20/h2-5H,6-9H2,1H3,(H2,16,21)(H,17,22)(H,19,20). The first-order chi connectivity index (χ1) is 10.3. The third kappa shape index (κ3) is 3.55. The van der Waals surface area contributed by atoms with Crippen LogP contribution < -0.4 is 11.1 Å². The van der Waals surface area contributed by atoms with Crippen molar-refractivity contribution in [2.45, 2.75) is 26.3 Å². The Morgan fingerprint density at radius 3 is 2.32 bits per heavy atom. The summed E-state index contributed by atoms with van der Waals surface area (Å²) in [5.41, 5.74) is 6.14. The number of hydrogen-bond acceptors (Lipinski definition) is 3. The van der Waals surface area contributed by atoms with E-state index in [1.54, 1.807) is 0 Å². The summed E-state index contributed by atoms with van der Waals surface area (Å²) in [5, 5.41) is 11.7. The number of nitrogens with two attached hydrogens (primary N) is 1. The molecule has 0 saturated heterocycles. The lowest BCUT2D eigenvalue weighted by Crippen LogP contribution is -2.49. The van der Waals surface area contributed by atoms with E-state index in [1.807, 2.05) is 31.2 Å². The number of carbonyl (C=O) groups is 3. The van der Waals surface area contributed by atoms with Gasteiger partial charge in [0.1, 0.15) is 0 Å². The number of carboxylic acids is 1. The van der Waals surface area contributed by atoms with E-state index in [2.05, 4.69) is 5.32 Å². The van der Waals surface area contributed by atoms with Crippen molar-refractivity contribution in [3.8, 4) is 0 Å². The molecule has 118 valence electrons. The molecule has 0 unspecified atom stereocenters. The zero-order chi connectivity index (χ0) is 16.3. The van der Waals surface area contributed by atoms with E-state index in [0.717, 1.165) is 16.0 Å². The Hall–Kier alpha value is -2.57. The van der Waals surface area contributed by atoms with E-state index in [-0.39, 0.29) is 13.1 Å². The third-order valence-corrected chi connectivity index (χ3v) is 3.84. The SMILES string of the molecule is Cc1ccc(CNC(=O)N(CC2(C(=O)O)CC2)C(N)=O)cc1. The van der Waals surface area contributed by atoms with Crippen molar-refractivity contribution in [3.05, 3.63) is 35.4 Å². The van der Waals surface area contributed by atoms with E-state index < -0.39 is 23.4 Å². The molecule has 0 aliphatic heterocycles. The van der Waals surface area contributed by atoms with Crippen LogP contribution in [0.1, 0.15) is 24.0 Å². The van der Waals surface area contributed by atoms with E-state index in [0.29, 0.717) is 12.8 Å². The first-order valence-corrected chi connectivity index (χ1v) is 6.98. The Bertz CT molecular complexity index is 593. The number of rotatable bonds is 5. The van der Waals surface area contributed by atoms with Crippen LogP contribution in [0.3, 0.4) is 0 Å². The molecule has 22 heavy (non-hydrogen) atoms. The molecule has 7 heteroatoms. The number of urea groups is 2. The second-order valence-electron chi connectivity index (χ2n) is 5.65. The van der Waals surface area contributed by atoms with Gasteiger partial charge in [-0.3, -0.25) is 4.79 Å². The van der Waals surface area contributed by atoms with Crippen LogP contribution in [-0.2, 0) is 11.3 Å². The predicted molar refractivity (Wildman–Crippen MR) is 79.0 cm³/mol. The van der Waals surface area contributed by atoms with Crippen molar-refractivity contribution in [2.24, 2.45) is 11.1 Å². The molecule has 1 aliphatic rings. The van der Waals surface area contributed by atoms with Gasteiger partial charge in [-0.1, -0.05) is 29.8 Å². The molecule has 7 nitrogen and oxygen atoms in total. The number of aliphatic carboxylic acids is 1. The van der Waals surface area contributed by atoms with Crippen molar-refractivity contribution in [3.63, 3.8) is 0 Å². The zero-order valence-corrected chi connectivity index (χ0v) is 12.3. The van der Waals surface area contributed by atoms with Gasteiger partial charge in [0.25, 0.3) is 0 Å². The van der Waals surface area contributed by atoms with Gasteiger partial charge < -0.3 is 16.2 Å². The molecule has 4 N–H and O–H groups in total. The van der Waals surface area contributed by atoms with Gasteiger partial charge >= 0.3 is 18.0 Å². The molecular weight excluding hydrogens is 286 g/mol. The summed E-state index contributed by atoms with van der Waals surface area (Å²) >= 11 is 0. The van der Waals surface area contributed by atoms with Crippen molar-refractivity contribution in [2.75, 3.05) is 6.54 Å². The quantitative estimate of drug-likeness (QED) is 0.764. The van der Waals surface area contributed by atoms with Crippen molar-refractivity contribution in [1.82, 2.24) is 10.2 Å². The summed E-state index contributed by atoms with van der Waals surface area (Å²) in [6.07, 6.45) is 0.884. The third-order valence-electron chi connectivity index (χ3n) is 3.84. The van der Waals surface area contributed by atoms with Gasteiger partial charge in [0.2, 0.25) is 0 Å². The van der Waals surface area contributed by atoms with Gasteiger partial charge in [0.05, 0.1) is 5.41 Å². The van der Waals surface area contributed by atoms with Gasteiger partial charge in [0.15, 0.2) is 0 Å². The normalized spacial score (nSPS) is 15.0. The smallest absolute Gasteiger partial charge is 0.325 e. The molecule has 2 rings (SSSR count). The van der Waals surface area contributed by atoms with Crippen LogP contribution in [0.2, 0.25) is 0 Å². The maximum absolute atomic E-state index is 12.1. The lowest BCUT2D eigenvalue weighted by Gasteiger charge is -2.22. The molecule has 1 fully saturated rings. The van der Waals surface area contributed by atoms with E-state index in [9.17, 15) is 14.4 Å². The molecule has 1 aromatic rings. The number of carboxylic acid groups (broad SMARTS) is 1. The van der Waals surface area contributed by atoms with Crippen LogP contribution in [0.5, 0.6) is 0 Å². The number of benzene rings is 1. The molecular formula is C15H19N3O4. The topological polar surface area (TPSA) is 113 Å². The average Bonchev–Trinajstić information content (AvgIpc) is 3.24. The second kappa shape index (κ2) is 6.05. The van der Waals surface area contributed by atoms with Crippen LogP contribution in [0.15, 0.2) is 24.3 Å². The number of carbonyl (C=O) groups excluding carboxylic acids is 2. The monoisotopic (exact) mass is 305 g/mol. The number of aryl methyl sites for hydroxylation is 1. The lowest BCUT2D eigenvalue weighted by molar-refractivity contribution is -0.143. The summed E-state index contributed by atoms with van der Waals surface area (Å²) in [7, 11) is 0. The minimum Gasteiger partial charge on any atom is -0.481 e. The van der Waals surface area contributed by atoms with Gasteiger partial charge in [-0.05, 0) is 25.3 Å². The molecule has 0 bridgehead atoms. The fraction of sp³-hybridized carbons (Fsp3) is 0.400. The minimum atomic E-state index is -1.03. The van der Waals surface area contributed by atoms with Crippen LogP contribution in [0.25, 0.3) is 0 Å². The van der Waals surface area contributed by atoms with Gasteiger partial charge in [-0.25, -0.2) is 14.5 Å². The first kappa shape index (κ1) is 15.8. The first-order valence-electron chi connectivity index (χ1n) is 6.98. The fourth-order valence-electron chi connectivity index (χ4n) is 2.12. The Labute approximate surface area is 128 Å². The highest BCUT2D eigenvalue weighted by Gasteiger charge is 2.52. The van der Waals surface area contributed by atoms with Crippen LogP contribution in [-0.4, -0.2) is 34.6 Å². The molecule has 0 radical (unpaired) electrons. The summed E-state index contributed by atoms with van der Waals surface area (Å²) in [6.45, 7) is 2.00. The predicted octanol–water partition coefficient (Wildman–Crippen LogP) is 1.45. The Morgan fingerprint density at radius 1 is 1.27 bits per heavy atom. The number of imide groups is 1.